The van der Waals surface area contributed by atoms with Gasteiger partial charge in [0.05, 0.1) is 10.8 Å². The van der Waals surface area contributed by atoms with Crippen molar-refractivity contribution in [2.75, 3.05) is 13.1 Å². The van der Waals surface area contributed by atoms with Crippen molar-refractivity contribution in [1.29, 1.82) is 0 Å². The number of piperidine rings is 1. The molecule has 1 aliphatic carbocycles. The van der Waals surface area contributed by atoms with Crippen LogP contribution < -0.4 is 5.73 Å². The summed E-state index contributed by atoms with van der Waals surface area (Å²) in [6.45, 7) is 8.12. The molecule has 2 heterocycles. The molecule has 0 saturated carbocycles. The lowest BCUT2D eigenvalue weighted by Gasteiger charge is -2.33. The minimum absolute atomic E-state index is 0.0765. The highest BCUT2D eigenvalue weighted by Crippen LogP contribution is 2.40. The number of rotatable bonds is 2. The molecule has 2 amide bonds. The second-order valence-electron chi connectivity index (χ2n) is 8.36. The summed E-state index contributed by atoms with van der Waals surface area (Å²) < 4.78 is 0. The van der Waals surface area contributed by atoms with Crippen LogP contribution in [0.2, 0.25) is 0 Å². The molecule has 4 nitrogen and oxygen atoms in total. The monoisotopic (exact) mass is 348 g/mol. The standard InChI is InChI=1S/C19H28N2O2S/c1-19(2,3)14-6-7-15-13(9-14)10-16(24-15)18(23)21-8-4-5-12(11-21)17(20)22/h10,12,14H,4-9,11H2,1-3H3,(H2,20,22). The highest BCUT2D eigenvalue weighted by molar-refractivity contribution is 7.14. The van der Waals surface area contributed by atoms with E-state index in [1.54, 1.807) is 11.3 Å². The summed E-state index contributed by atoms with van der Waals surface area (Å²) in [5.74, 6) is 0.276. The van der Waals surface area contributed by atoms with E-state index in [9.17, 15) is 9.59 Å². The summed E-state index contributed by atoms with van der Waals surface area (Å²) >= 11 is 1.65. The lowest BCUT2D eigenvalue weighted by atomic mass is 9.72. The smallest absolute Gasteiger partial charge is 0.263 e. The number of aryl methyl sites for hydroxylation is 1. The SMILES string of the molecule is CC(C)(C)C1CCc2sc(C(=O)N3CCCC(C(N)=O)C3)cc2C1. The summed E-state index contributed by atoms with van der Waals surface area (Å²) in [5.41, 5.74) is 7.10. The molecule has 0 aromatic carbocycles. The Bertz CT molecular complexity index is 644. The average Bonchev–Trinajstić information content (AvgIpc) is 2.96. The topological polar surface area (TPSA) is 63.4 Å². The molecule has 1 aliphatic heterocycles. The third-order valence-corrected chi connectivity index (χ3v) is 6.85. The van der Waals surface area contributed by atoms with E-state index in [4.69, 9.17) is 5.73 Å². The van der Waals surface area contributed by atoms with E-state index in [0.29, 0.717) is 17.9 Å². The molecule has 1 aromatic heterocycles. The zero-order valence-electron chi connectivity index (χ0n) is 14.9. The Labute approximate surface area is 148 Å². The molecule has 0 bridgehead atoms. The van der Waals surface area contributed by atoms with E-state index in [1.165, 1.54) is 16.9 Å². The minimum Gasteiger partial charge on any atom is -0.369 e. The van der Waals surface area contributed by atoms with Gasteiger partial charge in [-0.05, 0) is 55.1 Å². The van der Waals surface area contributed by atoms with E-state index < -0.39 is 0 Å². The molecule has 132 valence electrons. The molecule has 1 saturated heterocycles. The molecular weight excluding hydrogens is 320 g/mol. The Morgan fingerprint density at radius 1 is 1.29 bits per heavy atom. The Morgan fingerprint density at radius 2 is 2.04 bits per heavy atom. The largest absolute Gasteiger partial charge is 0.369 e. The van der Waals surface area contributed by atoms with Crippen LogP contribution in [-0.4, -0.2) is 29.8 Å². The van der Waals surface area contributed by atoms with E-state index in [2.05, 4.69) is 26.8 Å². The lowest BCUT2D eigenvalue weighted by molar-refractivity contribution is -0.123. The van der Waals surface area contributed by atoms with Gasteiger partial charge in [-0.1, -0.05) is 20.8 Å². The number of nitrogens with two attached hydrogens (primary N) is 1. The van der Waals surface area contributed by atoms with Crippen molar-refractivity contribution in [3.8, 4) is 0 Å². The first-order valence-electron chi connectivity index (χ1n) is 8.96. The van der Waals surface area contributed by atoms with Crippen molar-refractivity contribution in [2.45, 2.75) is 52.9 Å². The fourth-order valence-corrected chi connectivity index (χ4v) is 5.09. The van der Waals surface area contributed by atoms with Crippen LogP contribution in [0.15, 0.2) is 6.07 Å². The molecule has 1 aromatic rings. The van der Waals surface area contributed by atoms with E-state index >= 15 is 0 Å². The van der Waals surface area contributed by atoms with Gasteiger partial charge in [-0.3, -0.25) is 9.59 Å². The molecular formula is C19H28N2O2S. The summed E-state index contributed by atoms with van der Waals surface area (Å²) in [5, 5.41) is 0. The van der Waals surface area contributed by atoms with Gasteiger partial charge in [-0.25, -0.2) is 0 Å². The summed E-state index contributed by atoms with van der Waals surface area (Å²) in [7, 11) is 0. The molecule has 5 heteroatoms. The molecule has 24 heavy (non-hydrogen) atoms. The van der Waals surface area contributed by atoms with Crippen LogP contribution in [-0.2, 0) is 17.6 Å². The number of likely N-dealkylation sites (tertiary alicyclic amines) is 1. The van der Waals surface area contributed by atoms with Gasteiger partial charge in [0.1, 0.15) is 0 Å². The second kappa shape index (κ2) is 6.51. The van der Waals surface area contributed by atoms with Crippen LogP contribution in [0, 0.1) is 17.3 Å². The Kier molecular flexibility index (Phi) is 4.73. The van der Waals surface area contributed by atoms with Crippen LogP contribution in [0.3, 0.4) is 0 Å². The van der Waals surface area contributed by atoms with Crippen LogP contribution in [0.5, 0.6) is 0 Å². The maximum Gasteiger partial charge on any atom is 0.263 e. The zero-order chi connectivity index (χ0) is 17.5. The van der Waals surface area contributed by atoms with Gasteiger partial charge < -0.3 is 10.6 Å². The molecule has 0 radical (unpaired) electrons. The first-order valence-corrected chi connectivity index (χ1v) is 9.77. The van der Waals surface area contributed by atoms with Crippen molar-refractivity contribution in [3.63, 3.8) is 0 Å². The Morgan fingerprint density at radius 3 is 2.71 bits per heavy atom. The van der Waals surface area contributed by atoms with Crippen LogP contribution >= 0.6 is 11.3 Å². The van der Waals surface area contributed by atoms with Gasteiger partial charge in [-0.15, -0.1) is 11.3 Å². The maximum atomic E-state index is 12.8. The molecule has 2 aliphatic rings. The van der Waals surface area contributed by atoms with Gasteiger partial charge in [0.15, 0.2) is 0 Å². The fraction of sp³-hybridized carbons (Fsp3) is 0.684. The normalized spacial score (nSPS) is 24.5. The van der Waals surface area contributed by atoms with Crippen molar-refractivity contribution >= 4 is 23.2 Å². The van der Waals surface area contributed by atoms with Gasteiger partial charge >= 0.3 is 0 Å². The highest BCUT2D eigenvalue weighted by Gasteiger charge is 2.32. The second-order valence-corrected chi connectivity index (χ2v) is 9.49. The zero-order valence-corrected chi connectivity index (χ0v) is 15.7. The van der Waals surface area contributed by atoms with Gasteiger partial charge in [0.25, 0.3) is 5.91 Å². The Hall–Kier alpha value is -1.36. The minimum atomic E-state index is -0.286. The quantitative estimate of drug-likeness (QED) is 0.892. The van der Waals surface area contributed by atoms with E-state index in [0.717, 1.165) is 37.1 Å². The van der Waals surface area contributed by atoms with Crippen LogP contribution in [0.4, 0.5) is 0 Å². The summed E-state index contributed by atoms with van der Waals surface area (Å²) in [6, 6.07) is 2.11. The first kappa shape index (κ1) is 17.5. The Balaban J connectivity index is 1.74. The van der Waals surface area contributed by atoms with E-state index in [-0.39, 0.29) is 17.7 Å². The molecule has 2 N–H and O–H groups in total. The number of hydrogen-bond donors (Lipinski definition) is 1. The van der Waals surface area contributed by atoms with E-state index in [1.807, 2.05) is 4.90 Å². The number of thiophene rings is 1. The van der Waals surface area contributed by atoms with Crippen LogP contribution in [0.1, 0.15) is 60.1 Å². The van der Waals surface area contributed by atoms with Crippen molar-refractivity contribution in [1.82, 2.24) is 4.90 Å². The predicted octanol–water partition coefficient (Wildman–Crippen LogP) is 3.24. The molecule has 1 fully saturated rings. The number of primary amides is 1. The lowest BCUT2D eigenvalue weighted by Crippen LogP contribution is -2.43. The van der Waals surface area contributed by atoms with Gasteiger partial charge in [0, 0.05) is 18.0 Å². The van der Waals surface area contributed by atoms with Gasteiger partial charge in [0.2, 0.25) is 5.91 Å². The first-order chi connectivity index (χ1) is 11.3. The number of carbonyl (C=O) groups is 2. The third kappa shape index (κ3) is 3.51. The predicted molar refractivity (Wildman–Crippen MR) is 97.1 cm³/mol. The van der Waals surface area contributed by atoms with Gasteiger partial charge in [-0.2, -0.15) is 0 Å². The highest BCUT2D eigenvalue weighted by atomic mass is 32.1. The van der Waals surface area contributed by atoms with Crippen molar-refractivity contribution in [2.24, 2.45) is 23.0 Å². The summed E-state index contributed by atoms with van der Waals surface area (Å²) in [6.07, 6.45) is 5.02. The number of carbonyl (C=O) groups excluding carboxylic acids is 2. The number of nitrogens with zero attached hydrogens (tertiary/aromatic N) is 1. The van der Waals surface area contributed by atoms with Crippen molar-refractivity contribution < 1.29 is 9.59 Å². The number of hydrogen-bond acceptors (Lipinski definition) is 3. The average molecular weight is 349 g/mol. The fourth-order valence-electron chi connectivity index (χ4n) is 3.92. The maximum absolute atomic E-state index is 12.8. The van der Waals surface area contributed by atoms with Crippen LogP contribution in [0.25, 0.3) is 0 Å². The molecule has 0 spiro atoms. The number of amides is 2. The molecule has 2 unspecified atom stereocenters. The molecule has 2 atom stereocenters. The van der Waals surface area contributed by atoms with Crippen molar-refractivity contribution in [3.05, 3.63) is 21.4 Å². The summed E-state index contributed by atoms with van der Waals surface area (Å²) in [4.78, 5) is 28.3. The third-order valence-electron chi connectivity index (χ3n) is 5.63. The molecule has 3 rings (SSSR count). The number of fused-ring (bicyclic) bond motifs is 1.